The van der Waals surface area contributed by atoms with E-state index in [4.69, 9.17) is 4.74 Å². The van der Waals surface area contributed by atoms with Crippen LogP contribution in [0.4, 0.5) is 0 Å². The average molecular weight is 368 g/mol. The second kappa shape index (κ2) is 8.66. The molecule has 0 aliphatic carbocycles. The fourth-order valence-corrected chi connectivity index (χ4v) is 3.23. The first-order valence-electron chi connectivity index (χ1n) is 8.83. The highest BCUT2D eigenvalue weighted by molar-refractivity contribution is 5.89. The lowest BCUT2D eigenvalue weighted by Gasteiger charge is -2.23. The van der Waals surface area contributed by atoms with Crippen LogP contribution in [0, 0.1) is 5.92 Å². The van der Waals surface area contributed by atoms with Crippen LogP contribution < -0.4 is 26.2 Å². The van der Waals surface area contributed by atoms with E-state index in [1.165, 1.54) is 0 Å². The topological polar surface area (TPSA) is 91.5 Å². The van der Waals surface area contributed by atoms with E-state index in [1.807, 2.05) is 54.6 Å². The minimum atomic E-state index is -0.741. The highest BCUT2D eigenvalue weighted by Gasteiger charge is 2.36. The Morgan fingerprint density at radius 1 is 1.15 bits per heavy atom. The standard InChI is InChI=1S/C20H24N4O3/c1-21-20(26)18(13-7-4-3-5-8-13)23-19(25)16-12-22-24-17(16)14-9-6-10-15(11-14)27-2/h3-11,16-18,22,24H,12H2,1-2H3,(H,21,26)(H,23,25). The van der Waals surface area contributed by atoms with Gasteiger partial charge in [-0.1, -0.05) is 42.5 Å². The summed E-state index contributed by atoms with van der Waals surface area (Å²) in [6.07, 6.45) is 0. The predicted octanol–water partition coefficient (Wildman–Crippen LogP) is 1.06. The fraction of sp³-hybridized carbons (Fsp3) is 0.300. The Labute approximate surface area is 158 Å². The first kappa shape index (κ1) is 18.9. The third kappa shape index (κ3) is 4.27. The molecular formula is C20H24N4O3. The van der Waals surface area contributed by atoms with Gasteiger partial charge in [-0.05, 0) is 23.3 Å². The van der Waals surface area contributed by atoms with E-state index in [0.717, 1.165) is 16.9 Å². The van der Waals surface area contributed by atoms with Crippen molar-refractivity contribution in [3.63, 3.8) is 0 Å². The molecule has 0 saturated carbocycles. The van der Waals surface area contributed by atoms with Gasteiger partial charge in [0.2, 0.25) is 11.8 Å². The predicted molar refractivity (Wildman–Crippen MR) is 102 cm³/mol. The summed E-state index contributed by atoms with van der Waals surface area (Å²) in [5.41, 5.74) is 7.87. The number of hydrogen-bond acceptors (Lipinski definition) is 5. The van der Waals surface area contributed by atoms with Crippen LogP contribution in [-0.2, 0) is 9.59 Å². The maximum absolute atomic E-state index is 13.0. The Morgan fingerprint density at radius 3 is 2.63 bits per heavy atom. The first-order chi connectivity index (χ1) is 13.1. The van der Waals surface area contributed by atoms with Gasteiger partial charge in [0.1, 0.15) is 11.8 Å². The Hall–Kier alpha value is -2.90. The number of nitrogens with one attached hydrogen (secondary N) is 4. The quantitative estimate of drug-likeness (QED) is 0.612. The summed E-state index contributed by atoms with van der Waals surface area (Å²) in [5, 5.41) is 5.51. The summed E-state index contributed by atoms with van der Waals surface area (Å²) in [6, 6.07) is 15.8. The largest absolute Gasteiger partial charge is 0.497 e. The van der Waals surface area contributed by atoms with Crippen molar-refractivity contribution in [2.24, 2.45) is 5.92 Å². The number of rotatable bonds is 6. The van der Waals surface area contributed by atoms with Crippen molar-refractivity contribution in [3.8, 4) is 5.75 Å². The lowest BCUT2D eigenvalue weighted by molar-refractivity contribution is -0.131. The molecule has 1 fully saturated rings. The van der Waals surface area contributed by atoms with E-state index in [2.05, 4.69) is 21.5 Å². The fourth-order valence-electron chi connectivity index (χ4n) is 3.23. The van der Waals surface area contributed by atoms with Gasteiger partial charge >= 0.3 is 0 Å². The van der Waals surface area contributed by atoms with Crippen LogP contribution in [0.1, 0.15) is 23.2 Å². The molecule has 7 nitrogen and oxygen atoms in total. The number of hydrogen-bond donors (Lipinski definition) is 4. The van der Waals surface area contributed by atoms with Crippen LogP contribution in [-0.4, -0.2) is 32.5 Å². The van der Waals surface area contributed by atoms with Crippen molar-refractivity contribution in [2.45, 2.75) is 12.1 Å². The van der Waals surface area contributed by atoms with E-state index < -0.39 is 6.04 Å². The molecule has 2 amide bonds. The van der Waals surface area contributed by atoms with E-state index in [1.54, 1.807) is 14.2 Å². The van der Waals surface area contributed by atoms with Crippen molar-refractivity contribution in [1.29, 1.82) is 0 Å². The maximum Gasteiger partial charge on any atom is 0.246 e. The van der Waals surface area contributed by atoms with E-state index in [9.17, 15) is 9.59 Å². The van der Waals surface area contributed by atoms with Crippen molar-refractivity contribution in [2.75, 3.05) is 20.7 Å². The molecule has 1 heterocycles. The smallest absolute Gasteiger partial charge is 0.246 e. The Balaban J connectivity index is 1.79. The molecule has 7 heteroatoms. The second-order valence-corrected chi connectivity index (χ2v) is 6.35. The number of hydrazine groups is 1. The van der Waals surface area contributed by atoms with Crippen LogP contribution in [0.25, 0.3) is 0 Å². The van der Waals surface area contributed by atoms with Gasteiger partial charge < -0.3 is 15.4 Å². The highest BCUT2D eigenvalue weighted by Crippen LogP contribution is 2.28. The molecule has 2 aromatic carbocycles. The number of carbonyl (C=O) groups is 2. The first-order valence-corrected chi connectivity index (χ1v) is 8.83. The third-order valence-corrected chi connectivity index (χ3v) is 4.70. The molecule has 3 rings (SSSR count). The molecule has 0 spiro atoms. The second-order valence-electron chi connectivity index (χ2n) is 6.35. The summed E-state index contributed by atoms with van der Waals surface area (Å²) < 4.78 is 5.28. The van der Waals surface area contributed by atoms with E-state index in [-0.39, 0.29) is 23.8 Å². The average Bonchev–Trinajstić information content (AvgIpc) is 3.22. The van der Waals surface area contributed by atoms with Crippen LogP contribution in [0.15, 0.2) is 54.6 Å². The lowest BCUT2D eigenvalue weighted by atomic mass is 9.93. The molecule has 3 atom stereocenters. The minimum absolute atomic E-state index is 0.197. The summed E-state index contributed by atoms with van der Waals surface area (Å²) >= 11 is 0. The van der Waals surface area contributed by atoms with Crippen molar-refractivity contribution in [1.82, 2.24) is 21.5 Å². The molecule has 142 valence electrons. The van der Waals surface area contributed by atoms with Crippen molar-refractivity contribution >= 4 is 11.8 Å². The van der Waals surface area contributed by atoms with Gasteiger partial charge in [-0.15, -0.1) is 0 Å². The highest BCUT2D eigenvalue weighted by atomic mass is 16.5. The summed E-state index contributed by atoms with van der Waals surface area (Å²) in [5.74, 6) is -0.0926. The Bertz CT molecular complexity index is 797. The molecule has 0 bridgehead atoms. The lowest BCUT2D eigenvalue weighted by Crippen LogP contribution is -2.43. The van der Waals surface area contributed by atoms with Crippen LogP contribution >= 0.6 is 0 Å². The van der Waals surface area contributed by atoms with Gasteiger partial charge in [0.05, 0.1) is 19.1 Å². The zero-order chi connectivity index (χ0) is 19.2. The summed E-state index contributed by atoms with van der Waals surface area (Å²) in [6.45, 7) is 0.461. The van der Waals surface area contributed by atoms with Gasteiger partial charge in [-0.25, -0.2) is 5.43 Å². The molecule has 1 aliphatic heterocycles. The number of likely N-dealkylation sites (N-methyl/N-ethyl adjacent to an activating group) is 1. The van der Waals surface area contributed by atoms with Crippen LogP contribution in [0.5, 0.6) is 5.75 Å². The molecule has 0 aromatic heterocycles. The summed E-state index contributed by atoms with van der Waals surface area (Å²) in [7, 11) is 3.17. The SMILES string of the molecule is CNC(=O)C(NC(=O)C1CNNC1c1cccc(OC)c1)c1ccccc1. The Kier molecular flexibility index (Phi) is 6.05. The van der Waals surface area contributed by atoms with Gasteiger partial charge in [0.25, 0.3) is 0 Å². The third-order valence-electron chi connectivity index (χ3n) is 4.70. The maximum atomic E-state index is 13.0. The minimum Gasteiger partial charge on any atom is -0.497 e. The number of benzene rings is 2. The monoisotopic (exact) mass is 368 g/mol. The van der Waals surface area contributed by atoms with E-state index in [0.29, 0.717) is 6.54 Å². The molecule has 27 heavy (non-hydrogen) atoms. The van der Waals surface area contributed by atoms with Gasteiger partial charge in [-0.3, -0.25) is 15.0 Å². The molecule has 1 aliphatic rings. The van der Waals surface area contributed by atoms with Gasteiger partial charge in [0.15, 0.2) is 0 Å². The number of ether oxygens (including phenoxy) is 1. The zero-order valence-electron chi connectivity index (χ0n) is 15.4. The molecule has 4 N–H and O–H groups in total. The molecule has 2 aromatic rings. The summed E-state index contributed by atoms with van der Waals surface area (Å²) in [4.78, 5) is 25.3. The molecule has 1 saturated heterocycles. The number of carbonyl (C=O) groups excluding carboxylic acids is 2. The molecule has 3 unspecified atom stereocenters. The zero-order valence-corrected chi connectivity index (χ0v) is 15.4. The Morgan fingerprint density at radius 2 is 1.93 bits per heavy atom. The molecule has 0 radical (unpaired) electrons. The van der Waals surface area contributed by atoms with Crippen molar-refractivity contribution < 1.29 is 14.3 Å². The normalized spacial score (nSPS) is 19.9. The number of methoxy groups -OCH3 is 1. The van der Waals surface area contributed by atoms with Crippen molar-refractivity contribution in [3.05, 3.63) is 65.7 Å². The molecular weight excluding hydrogens is 344 g/mol. The number of amides is 2. The van der Waals surface area contributed by atoms with Crippen LogP contribution in [0.2, 0.25) is 0 Å². The van der Waals surface area contributed by atoms with Gasteiger partial charge in [-0.2, -0.15) is 0 Å². The van der Waals surface area contributed by atoms with E-state index >= 15 is 0 Å². The van der Waals surface area contributed by atoms with Gasteiger partial charge in [0, 0.05) is 13.6 Å². The van der Waals surface area contributed by atoms with Crippen LogP contribution in [0.3, 0.4) is 0 Å².